The Morgan fingerprint density at radius 2 is 1.90 bits per heavy atom. The van der Waals surface area contributed by atoms with Crippen LogP contribution in [0.2, 0.25) is 0 Å². The molecule has 0 aliphatic carbocycles. The minimum atomic E-state index is -0.534. The van der Waals surface area contributed by atoms with Crippen LogP contribution in [0.4, 0.5) is 14.5 Å². The van der Waals surface area contributed by atoms with Gasteiger partial charge in [-0.25, -0.2) is 13.5 Å². The lowest BCUT2D eigenvalue weighted by molar-refractivity contribution is 0.576. The molecule has 1 aliphatic rings. The van der Waals surface area contributed by atoms with Crippen molar-refractivity contribution in [2.75, 3.05) is 25.0 Å². The Kier molecular flexibility index (Phi) is 7.83. The van der Waals surface area contributed by atoms with E-state index in [0.29, 0.717) is 25.6 Å². The van der Waals surface area contributed by atoms with Gasteiger partial charge in [-0.15, -0.1) is 24.0 Å². The van der Waals surface area contributed by atoms with Crippen LogP contribution in [-0.4, -0.2) is 41.9 Å². The van der Waals surface area contributed by atoms with Crippen LogP contribution < -0.4 is 15.5 Å². The van der Waals surface area contributed by atoms with E-state index in [9.17, 15) is 8.78 Å². The van der Waals surface area contributed by atoms with Gasteiger partial charge in [0.05, 0.1) is 5.69 Å². The number of hydrogen-bond donors (Lipinski definition) is 2. The topological polar surface area (TPSA) is 57.5 Å². The summed E-state index contributed by atoms with van der Waals surface area (Å²) in [6.07, 6.45) is 4.41. The van der Waals surface area contributed by atoms with Crippen LogP contribution in [0.5, 0.6) is 0 Å². The minimum absolute atomic E-state index is 0. The van der Waals surface area contributed by atoms with Gasteiger partial charge in [-0.3, -0.25) is 4.99 Å². The molecule has 2 heterocycles. The molecule has 1 saturated heterocycles. The molecule has 0 bridgehead atoms. The van der Waals surface area contributed by atoms with Crippen molar-refractivity contribution in [3.8, 4) is 5.69 Å². The Morgan fingerprint density at radius 3 is 2.61 bits per heavy atom. The van der Waals surface area contributed by atoms with Crippen LogP contribution in [-0.2, 0) is 6.54 Å². The summed E-state index contributed by atoms with van der Waals surface area (Å²) in [7, 11) is 1.71. The number of benzene rings is 2. The SMILES string of the molecule is CN=C(NCc1ccccc1-n1cccn1)NC1CCN(c2c(F)cccc2F)C1.I. The second kappa shape index (κ2) is 10.6. The molecule has 2 N–H and O–H groups in total. The predicted octanol–water partition coefficient (Wildman–Crippen LogP) is 3.71. The summed E-state index contributed by atoms with van der Waals surface area (Å²) in [5, 5.41) is 11.0. The molecule has 0 saturated carbocycles. The zero-order chi connectivity index (χ0) is 20.9. The average Bonchev–Trinajstić information content (AvgIpc) is 3.44. The van der Waals surface area contributed by atoms with E-state index in [1.165, 1.54) is 18.2 Å². The predicted molar refractivity (Wildman–Crippen MR) is 129 cm³/mol. The van der Waals surface area contributed by atoms with Crippen molar-refractivity contribution in [1.82, 2.24) is 20.4 Å². The molecular formula is C22H25F2IN6. The van der Waals surface area contributed by atoms with Gasteiger partial charge in [0.2, 0.25) is 0 Å². The first-order valence-electron chi connectivity index (χ1n) is 9.90. The van der Waals surface area contributed by atoms with Gasteiger partial charge >= 0.3 is 0 Å². The first-order valence-corrected chi connectivity index (χ1v) is 9.90. The number of hydrogen-bond acceptors (Lipinski definition) is 3. The van der Waals surface area contributed by atoms with E-state index in [-0.39, 0.29) is 35.7 Å². The number of nitrogens with zero attached hydrogens (tertiary/aromatic N) is 4. The van der Waals surface area contributed by atoms with Crippen molar-refractivity contribution < 1.29 is 8.78 Å². The highest BCUT2D eigenvalue weighted by molar-refractivity contribution is 14.0. The lowest BCUT2D eigenvalue weighted by Crippen LogP contribution is -2.44. The Morgan fingerprint density at radius 1 is 1.13 bits per heavy atom. The molecule has 2 aromatic carbocycles. The number of rotatable bonds is 5. The second-order valence-corrected chi connectivity index (χ2v) is 7.15. The summed E-state index contributed by atoms with van der Waals surface area (Å²) >= 11 is 0. The van der Waals surface area contributed by atoms with E-state index in [0.717, 1.165) is 17.7 Å². The van der Waals surface area contributed by atoms with Gasteiger partial charge in [-0.2, -0.15) is 5.10 Å². The molecule has 0 radical (unpaired) electrons. The zero-order valence-corrected chi connectivity index (χ0v) is 19.5. The highest BCUT2D eigenvalue weighted by Crippen LogP contribution is 2.26. The number of guanidine groups is 1. The van der Waals surface area contributed by atoms with Crippen molar-refractivity contribution in [3.05, 3.63) is 78.1 Å². The van der Waals surface area contributed by atoms with Crippen molar-refractivity contribution >= 4 is 35.6 Å². The van der Waals surface area contributed by atoms with Crippen molar-refractivity contribution in [3.63, 3.8) is 0 Å². The highest BCUT2D eigenvalue weighted by atomic mass is 127. The third-order valence-corrected chi connectivity index (χ3v) is 5.20. The summed E-state index contributed by atoms with van der Waals surface area (Å²) in [4.78, 5) is 6.04. The fourth-order valence-corrected chi connectivity index (χ4v) is 3.73. The van der Waals surface area contributed by atoms with Crippen LogP contribution in [0.1, 0.15) is 12.0 Å². The molecule has 1 fully saturated rings. The third-order valence-electron chi connectivity index (χ3n) is 5.20. The monoisotopic (exact) mass is 538 g/mol. The van der Waals surface area contributed by atoms with E-state index in [1.807, 2.05) is 41.2 Å². The third kappa shape index (κ3) is 5.33. The maximum atomic E-state index is 14.1. The molecule has 164 valence electrons. The Bertz CT molecular complexity index is 1000. The highest BCUT2D eigenvalue weighted by Gasteiger charge is 2.27. The molecule has 1 unspecified atom stereocenters. The van der Waals surface area contributed by atoms with Crippen LogP contribution in [0.3, 0.4) is 0 Å². The number of halogens is 3. The molecule has 4 rings (SSSR count). The fraction of sp³-hybridized carbons (Fsp3) is 0.273. The van der Waals surface area contributed by atoms with Gasteiger partial charge in [0, 0.05) is 45.1 Å². The summed E-state index contributed by atoms with van der Waals surface area (Å²) in [5.41, 5.74) is 2.11. The van der Waals surface area contributed by atoms with Crippen LogP contribution in [0.25, 0.3) is 5.69 Å². The summed E-state index contributed by atoms with van der Waals surface area (Å²) in [6.45, 7) is 1.64. The molecule has 9 heteroatoms. The van der Waals surface area contributed by atoms with Crippen LogP contribution >= 0.6 is 24.0 Å². The Labute approximate surface area is 197 Å². The molecular weight excluding hydrogens is 513 g/mol. The molecule has 1 atom stereocenters. The quantitative estimate of drug-likeness (QED) is 0.296. The van der Waals surface area contributed by atoms with Gasteiger partial charge in [-0.05, 0) is 36.2 Å². The number of aliphatic imine (C=N–C) groups is 1. The van der Waals surface area contributed by atoms with Crippen molar-refractivity contribution in [1.29, 1.82) is 0 Å². The standard InChI is InChI=1S/C22H24F2N6.HI/c1-25-22(26-14-16-6-2-3-9-20(16)30-12-5-11-27-30)28-17-10-13-29(15-17)21-18(23)7-4-8-19(21)24;/h2-9,11-12,17H,10,13-15H2,1H3,(H2,25,26,28);1H. The molecule has 31 heavy (non-hydrogen) atoms. The van der Waals surface area contributed by atoms with Gasteiger partial charge in [0.1, 0.15) is 17.3 Å². The largest absolute Gasteiger partial charge is 0.365 e. The number of para-hydroxylation sites is 2. The average molecular weight is 538 g/mol. The lowest BCUT2D eigenvalue weighted by atomic mass is 10.2. The normalized spacial score (nSPS) is 16.2. The van der Waals surface area contributed by atoms with E-state index < -0.39 is 11.6 Å². The van der Waals surface area contributed by atoms with Gasteiger partial charge in [0.15, 0.2) is 5.96 Å². The van der Waals surface area contributed by atoms with Crippen LogP contribution in [0, 0.1) is 11.6 Å². The lowest BCUT2D eigenvalue weighted by Gasteiger charge is -2.21. The first kappa shape index (κ1) is 23.0. The molecule has 3 aromatic rings. The summed E-state index contributed by atoms with van der Waals surface area (Å²) in [6, 6.07) is 13.9. The fourth-order valence-electron chi connectivity index (χ4n) is 3.73. The zero-order valence-electron chi connectivity index (χ0n) is 17.1. The van der Waals surface area contributed by atoms with Crippen molar-refractivity contribution in [2.45, 2.75) is 19.0 Å². The molecule has 6 nitrogen and oxygen atoms in total. The molecule has 0 spiro atoms. The summed E-state index contributed by atoms with van der Waals surface area (Å²) in [5.74, 6) is -0.423. The number of anilines is 1. The van der Waals surface area contributed by atoms with E-state index in [4.69, 9.17) is 0 Å². The van der Waals surface area contributed by atoms with E-state index in [1.54, 1.807) is 18.1 Å². The van der Waals surface area contributed by atoms with Gasteiger partial charge < -0.3 is 15.5 Å². The van der Waals surface area contributed by atoms with Gasteiger partial charge in [-0.1, -0.05) is 24.3 Å². The number of aromatic nitrogens is 2. The first-order chi connectivity index (χ1) is 14.7. The van der Waals surface area contributed by atoms with E-state index in [2.05, 4.69) is 20.7 Å². The Hall–Kier alpha value is -2.69. The number of nitrogens with one attached hydrogen (secondary N) is 2. The summed E-state index contributed by atoms with van der Waals surface area (Å²) < 4.78 is 30.0. The molecule has 0 amide bonds. The second-order valence-electron chi connectivity index (χ2n) is 7.15. The van der Waals surface area contributed by atoms with Crippen molar-refractivity contribution in [2.24, 2.45) is 4.99 Å². The smallest absolute Gasteiger partial charge is 0.191 e. The Balaban J connectivity index is 0.00000272. The maximum Gasteiger partial charge on any atom is 0.191 e. The van der Waals surface area contributed by atoms with E-state index >= 15 is 0 Å². The van der Waals surface area contributed by atoms with Gasteiger partial charge in [0.25, 0.3) is 0 Å². The van der Waals surface area contributed by atoms with Crippen LogP contribution in [0.15, 0.2) is 65.9 Å². The minimum Gasteiger partial charge on any atom is -0.365 e. The molecule has 1 aliphatic heterocycles. The maximum absolute atomic E-state index is 14.1. The molecule has 1 aromatic heterocycles.